The summed E-state index contributed by atoms with van der Waals surface area (Å²) in [7, 11) is 1.64. The van der Waals surface area contributed by atoms with Gasteiger partial charge in [-0.1, -0.05) is 18.2 Å². The molecule has 0 aliphatic heterocycles. The first kappa shape index (κ1) is 13.5. The van der Waals surface area contributed by atoms with E-state index in [-0.39, 0.29) is 19.1 Å². The molecule has 0 spiro atoms. The molecule has 19 heavy (non-hydrogen) atoms. The molecular formula is C13H15N3O2S. The number of aliphatic hydroxyl groups is 1. The number of hydrogen-bond donors (Lipinski definition) is 2. The van der Waals surface area contributed by atoms with Gasteiger partial charge < -0.3 is 15.0 Å². The highest BCUT2D eigenvalue weighted by Gasteiger charge is 2.17. The van der Waals surface area contributed by atoms with Gasteiger partial charge in [0, 0.05) is 25.5 Å². The van der Waals surface area contributed by atoms with Gasteiger partial charge in [0.05, 0.1) is 6.61 Å². The summed E-state index contributed by atoms with van der Waals surface area (Å²) >= 11 is 5.21. The van der Waals surface area contributed by atoms with Crippen molar-refractivity contribution in [3.63, 3.8) is 0 Å². The molecule has 100 valence electrons. The highest BCUT2D eigenvalue weighted by Crippen LogP contribution is 2.13. The van der Waals surface area contributed by atoms with Crippen LogP contribution in [0.4, 0.5) is 0 Å². The van der Waals surface area contributed by atoms with Crippen molar-refractivity contribution in [2.24, 2.45) is 0 Å². The monoisotopic (exact) mass is 277 g/mol. The van der Waals surface area contributed by atoms with Crippen LogP contribution in [0, 0.1) is 4.77 Å². The summed E-state index contributed by atoms with van der Waals surface area (Å²) in [6.45, 7) is 0.213. The van der Waals surface area contributed by atoms with Crippen LogP contribution in [-0.2, 0) is 0 Å². The average Bonchev–Trinajstić information content (AvgIpc) is 2.81. The number of H-pyrrole nitrogens is 1. The number of aromatic nitrogens is 2. The lowest BCUT2D eigenvalue weighted by atomic mass is 10.3. The second-order valence-electron chi connectivity index (χ2n) is 4.10. The Kier molecular flexibility index (Phi) is 4.13. The second-order valence-corrected chi connectivity index (χ2v) is 4.49. The number of imidazole rings is 1. The first-order chi connectivity index (χ1) is 9.15. The average molecular weight is 277 g/mol. The number of aromatic amines is 1. The summed E-state index contributed by atoms with van der Waals surface area (Å²) < 4.78 is 2.15. The van der Waals surface area contributed by atoms with Gasteiger partial charge in [-0.15, -0.1) is 0 Å². The van der Waals surface area contributed by atoms with Gasteiger partial charge >= 0.3 is 0 Å². The number of benzene rings is 1. The zero-order valence-electron chi connectivity index (χ0n) is 10.5. The van der Waals surface area contributed by atoms with Crippen LogP contribution in [0.15, 0.2) is 36.5 Å². The van der Waals surface area contributed by atoms with E-state index in [9.17, 15) is 4.79 Å². The SMILES string of the molecule is CN(CCO)C(=O)c1c[nH]c(=S)n1-c1ccccc1. The van der Waals surface area contributed by atoms with E-state index in [4.69, 9.17) is 17.3 Å². The van der Waals surface area contributed by atoms with Crippen LogP contribution in [0.2, 0.25) is 0 Å². The molecule has 0 atom stereocenters. The smallest absolute Gasteiger partial charge is 0.272 e. The Morgan fingerprint density at radius 1 is 1.42 bits per heavy atom. The van der Waals surface area contributed by atoms with Gasteiger partial charge in [0.2, 0.25) is 0 Å². The number of likely N-dealkylation sites (N-methyl/N-ethyl adjacent to an activating group) is 1. The van der Waals surface area contributed by atoms with Crippen LogP contribution in [0.1, 0.15) is 10.5 Å². The highest BCUT2D eigenvalue weighted by molar-refractivity contribution is 7.71. The lowest BCUT2D eigenvalue weighted by molar-refractivity contribution is 0.0759. The van der Waals surface area contributed by atoms with Crippen molar-refractivity contribution in [1.82, 2.24) is 14.5 Å². The van der Waals surface area contributed by atoms with Gasteiger partial charge in [0.15, 0.2) is 4.77 Å². The fraction of sp³-hybridized carbons (Fsp3) is 0.231. The summed E-state index contributed by atoms with van der Waals surface area (Å²) in [4.78, 5) is 16.6. The van der Waals surface area contributed by atoms with Gasteiger partial charge in [-0.05, 0) is 24.4 Å². The highest BCUT2D eigenvalue weighted by atomic mass is 32.1. The standard InChI is InChI=1S/C13H15N3O2S/c1-15(7-8-17)12(18)11-9-14-13(19)16(11)10-5-3-2-4-6-10/h2-6,9,17H,7-8H2,1H3,(H,14,19). The number of aliphatic hydroxyl groups excluding tert-OH is 1. The summed E-state index contributed by atoms with van der Waals surface area (Å²) in [6.07, 6.45) is 1.59. The van der Waals surface area contributed by atoms with Crippen LogP contribution in [-0.4, -0.2) is 45.7 Å². The Labute approximate surface area is 116 Å². The Hall–Kier alpha value is -1.92. The summed E-state index contributed by atoms with van der Waals surface area (Å²) in [6, 6.07) is 9.43. The van der Waals surface area contributed by atoms with Crippen molar-refractivity contribution in [3.8, 4) is 5.69 Å². The van der Waals surface area contributed by atoms with Crippen LogP contribution in [0.25, 0.3) is 5.69 Å². The zero-order chi connectivity index (χ0) is 13.8. The lowest BCUT2D eigenvalue weighted by Crippen LogP contribution is -2.30. The molecule has 0 saturated carbocycles. The fourth-order valence-electron chi connectivity index (χ4n) is 1.81. The number of amides is 1. The van der Waals surface area contributed by atoms with Gasteiger partial charge in [0.1, 0.15) is 5.69 Å². The Morgan fingerprint density at radius 2 is 2.11 bits per heavy atom. The number of carbonyl (C=O) groups is 1. The second kappa shape index (κ2) is 5.81. The normalized spacial score (nSPS) is 10.4. The topological polar surface area (TPSA) is 61.3 Å². The van der Waals surface area contributed by atoms with Crippen molar-refractivity contribution in [2.75, 3.05) is 20.2 Å². The van der Waals surface area contributed by atoms with Crippen molar-refractivity contribution >= 4 is 18.1 Å². The maximum absolute atomic E-state index is 12.3. The van der Waals surface area contributed by atoms with Gasteiger partial charge in [-0.3, -0.25) is 9.36 Å². The van der Waals surface area contributed by atoms with Crippen LogP contribution in [0.5, 0.6) is 0 Å². The van der Waals surface area contributed by atoms with E-state index in [0.717, 1.165) is 5.69 Å². The first-order valence-corrected chi connectivity index (χ1v) is 6.28. The maximum Gasteiger partial charge on any atom is 0.272 e. The molecule has 2 rings (SSSR count). The summed E-state index contributed by atoms with van der Waals surface area (Å²) in [5, 5.41) is 8.89. The Morgan fingerprint density at radius 3 is 2.74 bits per heavy atom. The molecule has 0 aliphatic carbocycles. The minimum atomic E-state index is -0.190. The minimum Gasteiger partial charge on any atom is -0.395 e. The quantitative estimate of drug-likeness (QED) is 0.834. The largest absolute Gasteiger partial charge is 0.395 e. The molecule has 5 nitrogen and oxygen atoms in total. The molecular weight excluding hydrogens is 262 g/mol. The van der Waals surface area contributed by atoms with Gasteiger partial charge in [-0.25, -0.2) is 0 Å². The third-order valence-corrected chi connectivity index (χ3v) is 3.09. The molecule has 1 heterocycles. The van der Waals surface area contributed by atoms with E-state index >= 15 is 0 Å². The molecule has 0 radical (unpaired) electrons. The molecule has 0 fully saturated rings. The van der Waals surface area contributed by atoms with Crippen molar-refractivity contribution in [1.29, 1.82) is 0 Å². The maximum atomic E-state index is 12.3. The predicted octanol–water partition coefficient (Wildman–Crippen LogP) is 1.60. The third kappa shape index (κ3) is 2.74. The van der Waals surface area contributed by atoms with E-state index in [0.29, 0.717) is 10.5 Å². The molecule has 2 aromatic rings. The van der Waals surface area contributed by atoms with E-state index < -0.39 is 0 Å². The number of para-hydroxylation sites is 1. The molecule has 6 heteroatoms. The molecule has 1 amide bonds. The third-order valence-electron chi connectivity index (χ3n) is 2.79. The van der Waals surface area contributed by atoms with Crippen molar-refractivity contribution in [3.05, 3.63) is 47.0 Å². The number of carbonyl (C=O) groups excluding carboxylic acids is 1. The van der Waals surface area contributed by atoms with E-state index in [1.165, 1.54) is 4.90 Å². The molecule has 0 saturated heterocycles. The van der Waals surface area contributed by atoms with E-state index in [1.807, 2.05) is 30.3 Å². The predicted molar refractivity (Wildman–Crippen MR) is 75.0 cm³/mol. The number of nitrogens with one attached hydrogen (secondary N) is 1. The summed E-state index contributed by atoms with van der Waals surface area (Å²) in [5.74, 6) is -0.190. The number of hydrogen-bond acceptors (Lipinski definition) is 3. The molecule has 1 aromatic heterocycles. The van der Waals surface area contributed by atoms with Gasteiger partial charge in [0.25, 0.3) is 5.91 Å². The molecule has 0 unspecified atom stereocenters. The van der Waals surface area contributed by atoms with Crippen molar-refractivity contribution in [2.45, 2.75) is 0 Å². The van der Waals surface area contributed by atoms with E-state index in [1.54, 1.807) is 17.8 Å². The van der Waals surface area contributed by atoms with Crippen LogP contribution < -0.4 is 0 Å². The number of nitrogens with zero attached hydrogens (tertiary/aromatic N) is 2. The van der Waals surface area contributed by atoms with Crippen LogP contribution in [0.3, 0.4) is 0 Å². The van der Waals surface area contributed by atoms with Crippen LogP contribution >= 0.6 is 12.2 Å². The number of rotatable bonds is 4. The molecule has 0 bridgehead atoms. The summed E-state index contributed by atoms with van der Waals surface area (Å²) in [5.41, 5.74) is 1.28. The zero-order valence-corrected chi connectivity index (χ0v) is 11.4. The molecule has 2 N–H and O–H groups in total. The van der Waals surface area contributed by atoms with E-state index in [2.05, 4.69) is 4.98 Å². The molecule has 1 aromatic carbocycles. The fourth-order valence-corrected chi connectivity index (χ4v) is 2.07. The lowest BCUT2D eigenvalue weighted by Gasteiger charge is -2.16. The Balaban J connectivity index is 2.44. The molecule has 0 aliphatic rings. The van der Waals surface area contributed by atoms with Gasteiger partial charge in [-0.2, -0.15) is 0 Å². The van der Waals surface area contributed by atoms with Crippen molar-refractivity contribution < 1.29 is 9.90 Å². The Bertz CT molecular complexity index is 618. The first-order valence-electron chi connectivity index (χ1n) is 5.87. The minimum absolute atomic E-state index is 0.0707.